The normalized spacial score (nSPS) is 33.1. The van der Waals surface area contributed by atoms with Crippen LogP contribution in [0.3, 0.4) is 0 Å². The fourth-order valence-electron chi connectivity index (χ4n) is 6.05. The highest BCUT2D eigenvalue weighted by atomic mass is 16.5. The van der Waals surface area contributed by atoms with Gasteiger partial charge in [0, 0.05) is 42.1 Å². The van der Waals surface area contributed by atoms with E-state index < -0.39 is 0 Å². The van der Waals surface area contributed by atoms with Crippen LogP contribution in [0.4, 0.5) is 5.69 Å². The van der Waals surface area contributed by atoms with Gasteiger partial charge in [-0.3, -0.25) is 9.38 Å². The summed E-state index contributed by atoms with van der Waals surface area (Å²) in [5.74, 6) is 0.272. The monoisotopic (exact) mass is 381 g/mol. The van der Waals surface area contributed by atoms with Crippen molar-refractivity contribution in [2.45, 2.75) is 31.9 Å². The zero-order chi connectivity index (χ0) is 19.6. The predicted molar refractivity (Wildman–Crippen MR) is 109 cm³/mol. The van der Waals surface area contributed by atoms with Crippen molar-refractivity contribution in [2.75, 3.05) is 34.3 Å². The summed E-state index contributed by atoms with van der Waals surface area (Å²) in [5.41, 5.74) is 6.53. The van der Waals surface area contributed by atoms with Gasteiger partial charge in [0.25, 0.3) is 0 Å². The lowest BCUT2D eigenvalue weighted by atomic mass is 9.72. The van der Waals surface area contributed by atoms with E-state index in [1.807, 2.05) is 0 Å². The largest absolute Gasteiger partial charge is 0.497 e. The van der Waals surface area contributed by atoms with E-state index in [0.717, 1.165) is 30.4 Å². The Morgan fingerprint density at radius 1 is 1.29 bits per heavy atom. The molecule has 0 saturated carbocycles. The Morgan fingerprint density at radius 2 is 2.07 bits per heavy atom. The quantitative estimate of drug-likeness (QED) is 0.553. The van der Waals surface area contributed by atoms with Crippen molar-refractivity contribution >= 4 is 17.2 Å². The number of carbonyl (C=O) groups is 1. The number of para-hydroxylation sites is 1. The maximum Gasteiger partial charge on any atom is 0.337 e. The van der Waals surface area contributed by atoms with E-state index in [2.05, 4.69) is 50.2 Å². The summed E-state index contributed by atoms with van der Waals surface area (Å²) >= 11 is 0. The van der Waals surface area contributed by atoms with E-state index in [4.69, 9.17) is 9.47 Å². The van der Waals surface area contributed by atoms with Gasteiger partial charge in [0.2, 0.25) is 0 Å². The number of nitrogens with zero attached hydrogens (tertiary/aromatic N) is 2. The van der Waals surface area contributed by atoms with E-state index >= 15 is 0 Å². The predicted octanol–water partition coefficient (Wildman–Crippen LogP) is 3.16. The van der Waals surface area contributed by atoms with Gasteiger partial charge in [-0.05, 0) is 25.8 Å². The average molecular weight is 381 g/mol. The number of fused-ring (bicyclic) bond motifs is 5. The second-order valence-electron chi connectivity index (χ2n) is 9.01. The molecule has 0 bridgehead atoms. The van der Waals surface area contributed by atoms with E-state index in [0.29, 0.717) is 17.5 Å². The number of piperidine rings is 1. The second-order valence-corrected chi connectivity index (χ2v) is 9.01. The average Bonchev–Trinajstić information content (AvgIpc) is 2.94. The van der Waals surface area contributed by atoms with Gasteiger partial charge in [-0.25, -0.2) is 4.79 Å². The smallest absolute Gasteiger partial charge is 0.337 e. The molecule has 0 amide bonds. The van der Waals surface area contributed by atoms with Crippen molar-refractivity contribution in [2.24, 2.45) is 11.8 Å². The Hall–Kier alpha value is -2.11. The number of rotatable bonds is 1. The Kier molecular flexibility index (Phi) is 3.97. The molecular formula is C23H29N2O3+. The standard InChI is InChI=1S/C23H29N2O3/c1-14-18-12-24-10-9-16-15-7-5-6-8-21(15)25(2,3)22(16)20(24)11-17(18)19(13-28-14)23(26)27-4/h5-8,13-14,17-18,20H,9-12H2,1-4H3/q+1. The maximum absolute atomic E-state index is 12.4. The molecule has 5 rings (SSSR count). The molecule has 1 fully saturated rings. The van der Waals surface area contributed by atoms with E-state index in [1.54, 1.807) is 6.26 Å². The summed E-state index contributed by atoms with van der Waals surface area (Å²) in [6.45, 7) is 4.17. The minimum absolute atomic E-state index is 0.123. The SMILES string of the molecule is COC(=O)C1=COC(C)C2CN3CCC4=C(C3CC12)[N+](C)(C)c1ccccc14. The Morgan fingerprint density at radius 3 is 2.86 bits per heavy atom. The summed E-state index contributed by atoms with van der Waals surface area (Å²) in [7, 11) is 6.07. The molecule has 4 atom stereocenters. The molecule has 4 aliphatic heterocycles. The number of methoxy groups -OCH3 is 1. The number of hydrogen-bond acceptors (Lipinski definition) is 4. The third kappa shape index (κ3) is 2.36. The Balaban J connectivity index is 1.56. The van der Waals surface area contributed by atoms with Gasteiger partial charge >= 0.3 is 5.97 Å². The molecule has 0 spiro atoms. The van der Waals surface area contributed by atoms with Crippen LogP contribution in [-0.4, -0.2) is 57.3 Å². The van der Waals surface area contributed by atoms with Gasteiger partial charge in [-0.15, -0.1) is 0 Å². The van der Waals surface area contributed by atoms with Crippen LogP contribution in [0.25, 0.3) is 5.57 Å². The molecule has 4 heterocycles. The Bertz CT molecular complexity index is 901. The molecule has 4 aliphatic rings. The first-order valence-electron chi connectivity index (χ1n) is 10.3. The molecule has 1 aromatic carbocycles. The third-order valence-corrected chi connectivity index (χ3v) is 7.42. The maximum atomic E-state index is 12.4. The van der Waals surface area contributed by atoms with Crippen LogP contribution < -0.4 is 4.48 Å². The summed E-state index contributed by atoms with van der Waals surface area (Å²) in [6.07, 6.45) is 3.83. The number of likely N-dealkylation sites (N-methyl/N-ethyl adjacent to an activating group) is 1. The van der Waals surface area contributed by atoms with Gasteiger partial charge < -0.3 is 9.47 Å². The number of carbonyl (C=O) groups excluding carboxylic acids is 1. The molecule has 0 radical (unpaired) electrons. The topological polar surface area (TPSA) is 38.8 Å². The lowest BCUT2D eigenvalue weighted by molar-refractivity contribution is -0.139. The van der Waals surface area contributed by atoms with Crippen LogP contribution in [0.1, 0.15) is 25.3 Å². The van der Waals surface area contributed by atoms with Crippen molar-refractivity contribution in [1.29, 1.82) is 0 Å². The zero-order valence-electron chi connectivity index (χ0n) is 17.1. The van der Waals surface area contributed by atoms with Crippen LogP contribution in [-0.2, 0) is 14.3 Å². The third-order valence-electron chi connectivity index (χ3n) is 7.42. The van der Waals surface area contributed by atoms with Crippen molar-refractivity contribution in [3.63, 3.8) is 0 Å². The van der Waals surface area contributed by atoms with Crippen molar-refractivity contribution < 1.29 is 14.3 Å². The van der Waals surface area contributed by atoms with Crippen molar-refractivity contribution in [3.8, 4) is 0 Å². The fraction of sp³-hybridized carbons (Fsp3) is 0.522. The second kappa shape index (κ2) is 6.19. The van der Waals surface area contributed by atoms with E-state index in [-0.39, 0.29) is 18.0 Å². The number of esters is 1. The number of benzene rings is 1. The molecule has 0 aromatic heterocycles. The van der Waals surface area contributed by atoms with Gasteiger partial charge in [0.05, 0.1) is 45.2 Å². The van der Waals surface area contributed by atoms with Gasteiger partial charge in [0.1, 0.15) is 11.4 Å². The lowest BCUT2D eigenvalue weighted by Gasteiger charge is -2.50. The first kappa shape index (κ1) is 18.0. The molecule has 148 valence electrons. The van der Waals surface area contributed by atoms with Crippen LogP contribution >= 0.6 is 0 Å². The van der Waals surface area contributed by atoms with E-state index in [9.17, 15) is 4.79 Å². The van der Waals surface area contributed by atoms with E-state index in [1.165, 1.54) is 29.6 Å². The van der Waals surface area contributed by atoms with Crippen molar-refractivity contribution in [1.82, 2.24) is 9.38 Å². The summed E-state index contributed by atoms with van der Waals surface area (Å²) < 4.78 is 11.7. The highest BCUT2D eigenvalue weighted by Gasteiger charge is 2.53. The minimum Gasteiger partial charge on any atom is -0.497 e. The van der Waals surface area contributed by atoms with Crippen LogP contribution in [0.15, 0.2) is 41.8 Å². The molecule has 0 N–H and O–H groups in total. The molecule has 1 aromatic rings. The summed E-state index contributed by atoms with van der Waals surface area (Å²) in [4.78, 5) is 15.1. The Labute approximate surface area is 166 Å². The zero-order valence-corrected chi connectivity index (χ0v) is 17.1. The summed E-state index contributed by atoms with van der Waals surface area (Å²) in [6, 6.07) is 9.18. The molecule has 28 heavy (non-hydrogen) atoms. The van der Waals surface area contributed by atoms with Crippen LogP contribution in [0, 0.1) is 11.8 Å². The highest BCUT2D eigenvalue weighted by Crippen LogP contribution is 2.52. The van der Waals surface area contributed by atoms with Gasteiger partial charge in [-0.2, -0.15) is 0 Å². The lowest BCUT2D eigenvalue weighted by Crippen LogP contribution is -2.58. The van der Waals surface area contributed by atoms with Crippen molar-refractivity contribution in [3.05, 3.63) is 47.4 Å². The molecule has 1 saturated heterocycles. The molecule has 0 aliphatic carbocycles. The first-order valence-corrected chi connectivity index (χ1v) is 10.3. The van der Waals surface area contributed by atoms with Crippen LogP contribution in [0.5, 0.6) is 0 Å². The van der Waals surface area contributed by atoms with Gasteiger partial charge in [0.15, 0.2) is 0 Å². The molecule has 5 nitrogen and oxygen atoms in total. The highest BCUT2D eigenvalue weighted by molar-refractivity contribution is 5.89. The minimum atomic E-state index is -0.246. The summed E-state index contributed by atoms with van der Waals surface area (Å²) in [5, 5.41) is 0. The van der Waals surface area contributed by atoms with Crippen LogP contribution in [0.2, 0.25) is 0 Å². The molecule has 4 unspecified atom stereocenters. The molecular weight excluding hydrogens is 352 g/mol. The fourth-order valence-corrected chi connectivity index (χ4v) is 6.05. The number of hydrogen-bond donors (Lipinski definition) is 0. The number of ether oxygens (including phenoxy) is 2. The van der Waals surface area contributed by atoms with Gasteiger partial charge in [-0.1, -0.05) is 12.1 Å². The number of quaternary nitrogens is 1. The first-order chi connectivity index (χ1) is 13.4. The molecule has 5 heteroatoms.